The molecule has 0 N–H and O–H groups in total. The maximum Gasteiger partial charge on any atom is 0.305 e. The van der Waals surface area contributed by atoms with E-state index in [-0.39, 0.29) is 11.9 Å². The number of methoxy groups -OCH3 is 2. The van der Waals surface area contributed by atoms with Crippen LogP contribution in [0.15, 0.2) is 0 Å². The molecule has 2 unspecified atom stereocenters. The molecule has 2 atom stereocenters. The van der Waals surface area contributed by atoms with Crippen molar-refractivity contribution < 1.29 is 28.5 Å². The number of hydrogen-bond acceptors (Lipinski definition) is 6. The van der Waals surface area contributed by atoms with Crippen molar-refractivity contribution in [2.24, 2.45) is 11.8 Å². The summed E-state index contributed by atoms with van der Waals surface area (Å²) >= 11 is 0. The van der Waals surface area contributed by atoms with Crippen molar-refractivity contribution in [2.75, 3.05) is 40.6 Å². The van der Waals surface area contributed by atoms with Crippen molar-refractivity contribution >= 4 is 11.9 Å². The van der Waals surface area contributed by atoms with E-state index in [2.05, 4.69) is 13.8 Å². The van der Waals surface area contributed by atoms with Gasteiger partial charge in [-0.15, -0.1) is 0 Å². The average Bonchev–Trinajstić information content (AvgIpc) is 2.81. The SMILES string of the molecule is CCCCCC(CCOC)COC(=O)CCCCCC(=O)OCC(CCCCC)CCOC. The Morgan fingerprint density at radius 2 is 1.00 bits per heavy atom. The predicted molar refractivity (Wildman–Crippen MR) is 133 cm³/mol. The fraction of sp³-hybridized carbons (Fsp3) is 0.926. The summed E-state index contributed by atoms with van der Waals surface area (Å²) in [6.07, 6.45) is 14.3. The third-order valence-electron chi connectivity index (χ3n) is 6.11. The number of ether oxygens (including phenoxy) is 4. The Bertz CT molecular complexity index is 414. The van der Waals surface area contributed by atoms with Crippen LogP contribution in [0.25, 0.3) is 0 Å². The zero-order valence-corrected chi connectivity index (χ0v) is 22.0. The molecule has 0 aliphatic carbocycles. The molecule has 0 spiro atoms. The highest BCUT2D eigenvalue weighted by Crippen LogP contribution is 2.17. The molecule has 0 aliphatic rings. The van der Waals surface area contributed by atoms with Gasteiger partial charge in [0, 0.05) is 40.3 Å². The third-order valence-corrected chi connectivity index (χ3v) is 6.11. The minimum atomic E-state index is -0.136. The van der Waals surface area contributed by atoms with Crippen molar-refractivity contribution in [3.05, 3.63) is 0 Å². The summed E-state index contributed by atoms with van der Waals surface area (Å²) in [5.41, 5.74) is 0. The Balaban J connectivity index is 3.93. The molecular weight excluding hydrogens is 420 g/mol. The van der Waals surface area contributed by atoms with Gasteiger partial charge in [-0.3, -0.25) is 9.59 Å². The molecule has 0 saturated heterocycles. The lowest BCUT2D eigenvalue weighted by Gasteiger charge is -2.17. The molecule has 0 aromatic heterocycles. The second-order valence-corrected chi connectivity index (χ2v) is 9.21. The third kappa shape index (κ3) is 21.2. The van der Waals surface area contributed by atoms with E-state index in [4.69, 9.17) is 18.9 Å². The second kappa shape index (κ2) is 24.0. The van der Waals surface area contributed by atoms with E-state index in [9.17, 15) is 9.59 Å². The summed E-state index contributed by atoms with van der Waals surface area (Å²) in [4.78, 5) is 24.1. The molecular formula is C27H52O6. The lowest BCUT2D eigenvalue weighted by atomic mass is 9.99. The highest BCUT2D eigenvalue weighted by atomic mass is 16.5. The smallest absolute Gasteiger partial charge is 0.305 e. The van der Waals surface area contributed by atoms with Crippen molar-refractivity contribution in [1.29, 1.82) is 0 Å². The van der Waals surface area contributed by atoms with Crippen LogP contribution in [0.1, 0.15) is 110 Å². The van der Waals surface area contributed by atoms with Crippen LogP contribution in [0.3, 0.4) is 0 Å². The normalized spacial score (nSPS) is 13.0. The zero-order valence-electron chi connectivity index (χ0n) is 22.0. The lowest BCUT2D eigenvalue weighted by molar-refractivity contribution is -0.145. The van der Waals surface area contributed by atoms with E-state index in [1.54, 1.807) is 14.2 Å². The van der Waals surface area contributed by atoms with Gasteiger partial charge in [-0.25, -0.2) is 0 Å². The minimum Gasteiger partial charge on any atom is -0.465 e. The van der Waals surface area contributed by atoms with Gasteiger partial charge in [0.2, 0.25) is 0 Å². The molecule has 0 saturated carbocycles. The molecule has 0 bridgehead atoms. The van der Waals surface area contributed by atoms with Crippen LogP contribution in [0.4, 0.5) is 0 Å². The first kappa shape index (κ1) is 31.9. The summed E-state index contributed by atoms with van der Waals surface area (Å²) in [7, 11) is 3.41. The van der Waals surface area contributed by atoms with Gasteiger partial charge in [-0.1, -0.05) is 58.8 Å². The topological polar surface area (TPSA) is 71.1 Å². The van der Waals surface area contributed by atoms with Crippen molar-refractivity contribution in [1.82, 2.24) is 0 Å². The summed E-state index contributed by atoms with van der Waals surface area (Å²) in [5.74, 6) is 0.488. The van der Waals surface area contributed by atoms with Crippen LogP contribution in [0, 0.1) is 11.8 Å². The average molecular weight is 473 g/mol. The highest BCUT2D eigenvalue weighted by Gasteiger charge is 2.14. The van der Waals surface area contributed by atoms with Crippen LogP contribution in [0.5, 0.6) is 0 Å². The molecule has 0 fully saturated rings. The molecule has 0 aromatic rings. The predicted octanol–water partition coefficient (Wildman–Crippen LogP) is 6.49. The summed E-state index contributed by atoms with van der Waals surface area (Å²) < 4.78 is 21.4. The number of carbonyl (C=O) groups is 2. The molecule has 0 aliphatic heterocycles. The van der Waals surface area contributed by atoms with Crippen molar-refractivity contribution in [3.8, 4) is 0 Å². The molecule has 0 heterocycles. The quantitative estimate of drug-likeness (QED) is 0.118. The van der Waals surface area contributed by atoms with E-state index in [1.807, 2.05) is 0 Å². The number of hydrogen-bond donors (Lipinski definition) is 0. The van der Waals surface area contributed by atoms with E-state index >= 15 is 0 Å². The first-order chi connectivity index (χ1) is 16.1. The fourth-order valence-electron chi connectivity index (χ4n) is 3.84. The Labute approximate surface area is 203 Å². The van der Waals surface area contributed by atoms with Gasteiger partial charge >= 0.3 is 11.9 Å². The van der Waals surface area contributed by atoms with Crippen LogP contribution >= 0.6 is 0 Å². The van der Waals surface area contributed by atoms with Crippen molar-refractivity contribution in [2.45, 2.75) is 110 Å². The Kier molecular flexibility index (Phi) is 23.2. The molecule has 0 rings (SSSR count). The maximum atomic E-state index is 12.1. The first-order valence-electron chi connectivity index (χ1n) is 13.4. The maximum absolute atomic E-state index is 12.1. The number of esters is 2. The van der Waals surface area contributed by atoms with Crippen molar-refractivity contribution in [3.63, 3.8) is 0 Å². The van der Waals surface area contributed by atoms with E-state index in [0.29, 0.717) is 51.1 Å². The molecule has 6 nitrogen and oxygen atoms in total. The molecule has 0 aromatic carbocycles. The summed E-state index contributed by atoms with van der Waals surface area (Å²) in [6.45, 7) is 6.77. The van der Waals surface area contributed by atoms with Gasteiger partial charge in [0.1, 0.15) is 0 Å². The van der Waals surface area contributed by atoms with Gasteiger partial charge in [0.05, 0.1) is 13.2 Å². The number of unbranched alkanes of at least 4 members (excludes halogenated alkanes) is 6. The molecule has 6 heteroatoms. The van der Waals surface area contributed by atoms with E-state index < -0.39 is 0 Å². The van der Waals surface area contributed by atoms with Gasteiger partial charge in [-0.05, 0) is 50.4 Å². The van der Waals surface area contributed by atoms with E-state index in [0.717, 1.165) is 44.9 Å². The number of rotatable bonds is 24. The molecule has 196 valence electrons. The minimum absolute atomic E-state index is 0.136. The van der Waals surface area contributed by atoms with Gasteiger partial charge in [0.25, 0.3) is 0 Å². The largest absolute Gasteiger partial charge is 0.465 e. The molecule has 0 radical (unpaired) electrons. The van der Waals surface area contributed by atoms with Crippen LogP contribution in [-0.2, 0) is 28.5 Å². The first-order valence-corrected chi connectivity index (χ1v) is 13.4. The molecule has 33 heavy (non-hydrogen) atoms. The lowest BCUT2D eigenvalue weighted by Crippen LogP contribution is -2.16. The van der Waals surface area contributed by atoms with Gasteiger partial charge in [-0.2, -0.15) is 0 Å². The Morgan fingerprint density at radius 1 is 0.576 bits per heavy atom. The summed E-state index contributed by atoms with van der Waals surface area (Å²) in [6, 6.07) is 0. The van der Waals surface area contributed by atoms with Crippen LogP contribution in [-0.4, -0.2) is 52.6 Å². The zero-order chi connectivity index (χ0) is 24.6. The summed E-state index contributed by atoms with van der Waals surface area (Å²) in [5, 5.41) is 0. The van der Waals surface area contributed by atoms with Crippen LogP contribution < -0.4 is 0 Å². The monoisotopic (exact) mass is 472 g/mol. The number of carbonyl (C=O) groups excluding carboxylic acids is 2. The molecule has 0 amide bonds. The van der Waals surface area contributed by atoms with Gasteiger partial charge < -0.3 is 18.9 Å². The fourth-order valence-corrected chi connectivity index (χ4v) is 3.84. The standard InChI is InChI=1S/C27H52O6/c1-5-7-10-14-24(18-20-30-3)22-32-26(28)16-12-9-13-17-27(29)33-23-25(19-21-31-4)15-11-8-6-2/h24-25H,5-23H2,1-4H3. The highest BCUT2D eigenvalue weighted by molar-refractivity contribution is 5.69. The Morgan fingerprint density at radius 3 is 1.36 bits per heavy atom. The van der Waals surface area contributed by atoms with Gasteiger partial charge in [0.15, 0.2) is 0 Å². The van der Waals surface area contributed by atoms with E-state index in [1.165, 1.54) is 38.5 Å². The second-order valence-electron chi connectivity index (χ2n) is 9.21. The van der Waals surface area contributed by atoms with Crippen LogP contribution in [0.2, 0.25) is 0 Å². The Hall–Kier alpha value is -1.14.